The maximum atomic E-state index is 11.7. The number of aryl methyl sites for hydroxylation is 1. The van der Waals surface area contributed by atoms with Crippen molar-refractivity contribution in [3.05, 3.63) is 23.5 Å². The Morgan fingerprint density at radius 2 is 2.22 bits per heavy atom. The molecule has 98 valence electrons. The van der Waals surface area contributed by atoms with Crippen molar-refractivity contribution in [2.45, 2.75) is 45.6 Å². The third-order valence-corrected chi connectivity index (χ3v) is 3.29. The summed E-state index contributed by atoms with van der Waals surface area (Å²) >= 11 is 0. The van der Waals surface area contributed by atoms with Gasteiger partial charge < -0.3 is 9.88 Å². The van der Waals surface area contributed by atoms with Crippen molar-refractivity contribution in [2.75, 3.05) is 6.54 Å². The van der Waals surface area contributed by atoms with E-state index in [1.807, 2.05) is 17.0 Å². The van der Waals surface area contributed by atoms with E-state index in [0.717, 1.165) is 43.4 Å². The highest BCUT2D eigenvalue weighted by Gasteiger charge is 2.19. The molecule has 0 saturated heterocycles. The van der Waals surface area contributed by atoms with Crippen molar-refractivity contribution in [1.82, 2.24) is 9.88 Å². The van der Waals surface area contributed by atoms with Gasteiger partial charge in [0.25, 0.3) is 0 Å². The van der Waals surface area contributed by atoms with E-state index in [-0.39, 0.29) is 11.7 Å². The van der Waals surface area contributed by atoms with Gasteiger partial charge in [-0.25, -0.2) is 0 Å². The van der Waals surface area contributed by atoms with E-state index < -0.39 is 0 Å². The Balaban J connectivity index is 1.94. The van der Waals surface area contributed by atoms with Gasteiger partial charge in [-0.05, 0) is 24.8 Å². The molecule has 0 unspecified atom stereocenters. The normalized spacial score (nSPS) is 14.4. The highest BCUT2D eigenvalue weighted by molar-refractivity contribution is 5.98. The molecular weight excluding hydrogens is 228 g/mol. The monoisotopic (exact) mass is 248 g/mol. The third kappa shape index (κ3) is 3.00. The molecule has 1 heterocycles. The second-order valence-corrected chi connectivity index (χ2v) is 4.85. The molecule has 0 aliphatic heterocycles. The maximum absolute atomic E-state index is 11.7. The molecule has 1 aliphatic carbocycles. The lowest BCUT2D eigenvalue weighted by atomic mass is 9.95. The van der Waals surface area contributed by atoms with Gasteiger partial charge in [0.2, 0.25) is 5.91 Å². The predicted molar refractivity (Wildman–Crippen MR) is 69.6 cm³/mol. The Morgan fingerprint density at radius 1 is 1.39 bits per heavy atom. The Bertz CT molecular complexity index is 449. The first-order valence-corrected chi connectivity index (χ1v) is 6.69. The molecule has 0 radical (unpaired) electrons. The average Bonchev–Trinajstić information content (AvgIpc) is 2.73. The van der Waals surface area contributed by atoms with Crippen LogP contribution in [-0.4, -0.2) is 22.8 Å². The van der Waals surface area contributed by atoms with Gasteiger partial charge in [0, 0.05) is 30.9 Å². The lowest BCUT2D eigenvalue weighted by Crippen LogP contribution is -2.27. The highest BCUT2D eigenvalue weighted by Crippen LogP contribution is 2.21. The minimum atomic E-state index is 0.0169. The van der Waals surface area contributed by atoms with Gasteiger partial charge in [-0.1, -0.05) is 13.3 Å². The van der Waals surface area contributed by atoms with E-state index in [4.69, 9.17) is 0 Å². The number of nitrogens with one attached hydrogen (secondary N) is 1. The topological polar surface area (TPSA) is 51.1 Å². The number of fused-ring (bicyclic) bond motifs is 1. The molecule has 0 spiro atoms. The number of nitrogens with zero attached hydrogens (tertiary/aromatic N) is 1. The second-order valence-electron chi connectivity index (χ2n) is 4.85. The summed E-state index contributed by atoms with van der Waals surface area (Å²) in [4.78, 5) is 23.3. The number of hydrogen-bond donors (Lipinski definition) is 1. The van der Waals surface area contributed by atoms with Crippen molar-refractivity contribution in [1.29, 1.82) is 0 Å². The summed E-state index contributed by atoms with van der Waals surface area (Å²) < 4.78 is 1.83. The zero-order chi connectivity index (χ0) is 13.0. The SMILES string of the molecule is CCCCNC(=O)Cn1cc2c(c1)C(=O)CCC2. The number of unbranched alkanes of at least 4 members (excludes halogenated alkanes) is 1. The number of hydrogen-bond acceptors (Lipinski definition) is 2. The summed E-state index contributed by atoms with van der Waals surface area (Å²) in [5, 5.41) is 2.88. The zero-order valence-electron chi connectivity index (χ0n) is 10.9. The lowest BCUT2D eigenvalue weighted by Gasteiger charge is -2.07. The number of carbonyl (C=O) groups is 2. The number of amides is 1. The summed E-state index contributed by atoms with van der Waals surface area (Å²) in [6.07, 6.45) is 8.35. The summed E-state index contributed by atoms with van der Waals surface area (Å²) in [7, 11) is 0. The highest BCUT2D eigenvalue weighted by atomic mass is 16.2. The molecule has 1 aromatic heterocycles. The molecule has 0 saturated carbocycles. The quantitative estimate of drug-likeness (QED) is 0.809. The van der Waals surface area contributed by atoms with Crippen molar-refractivity contribution >= 4 is 11.7 Å². The van der Waals surface area contributed by atoms with E-state index in [9.17, 15) is 9.59 Å². The van der Waals surface area contributed by atoms with Crippen LogP contribution in [0.5, 0.6) is 0 Å². The largest absolute Gasteiger partial charge is 0.355 e. The van der Waals surface area contributed by atoms with Crippen molar-refractivity contribution in [3.8, 4) is 0 Å². The van der Waals surface area contributed by atoms with E-state index >= 15 is 0 Å². The predicted octanol–water partition coefficient (Wildman–Crippen LogP) is 1.92. The second kappa shape index (κ2) is 5.85. The minimum absolute atomic E-state index is 0.0169. The Hall–Kier alpha value is -1.58. The lowest BCUT2D eigenvalue weighted by molar-refractivity contribution is -0.121. The Labute approximate surface area is 107 Å². The average molecular weight is 248 g/mol. The smallest absolute Gasteiger partial charge is 0.239 e. The number of aromatic nitrogens is 1. The van der Waals surface area contributed by atoms with Crippen LogP contribution in [0.3, 0.4) is 0 Å². The van der Waals surface area contributed by atoms with Crippen LogP contribution < -0.4 is 5.32 Å². The van der Waals surface area contributed by atoms with Crippen LogP contribution in [-0.2, 0) is 17.8 Å². The Morgan fingerprint density at radius 3 is 2.94 bits per heavy atom. The fourth-order valence-electron chi connectivity index (χ4n) is 2.30. The molecule has 0 fully saturated rings. The van der Waals surface area contributed by atoms with Gasteiger partial charge >= 0.3 is 0 Å². The van der Waals surface area contributed by atoms with Crippen molar-refractivity contribution in [3.63, 3.8) is 0 Å². The van der Waals surface area contributed by atoms with E-state index in [1.165, 1.54) is 0 Å². The Kier molecular flexibility index (Phi) is 4.18. The van der Waals surface area contributed by atoms with Gasteiger partial charge in [-0.3, -0.25) is 9.59 Å². The molecule has 1 N–H and O–H groups in total. The van der Waals surface area contributed by atoms with E-state index in [2.05, 4.69) is 12.2 Å². The molecule has 0 aromatic carbocycles. The molecule has 4 heteroatoms. The van der Waals surface area contributed by atoms with Crippen molar-refractivity contribution < 1.29 is 9.59 Å². The molecular formula is C14H20N2O2. The zero-order valence-corrected chi connectivity index (χ0v) is 10.9. The fraction of sp³-hybridized carbons (Fsp3) is 0.571. The maximum Gasteiger partial charge on any atom is 0.239 e. The molecule has 1 aromatic rings. The van der Waals surface area contributed by atoms with Crippen LogP contribution in [0.2, 0.25) is 0 Å². The summed E-state index contributed by atoms with van der Waals surface area (Å²) in [5.41, 5.74) is 1.90. The van der Waals surface area contributed by atoms with E-state index in [1.54, 1.807) is 0 Å². The standard InChI is InChI=1S/C14H20N2O2/c1-2-3-7-15-14(18)10-16-8-11-5-4-6-13(17)12(11)9-16/h8-9H,2-7,10H2,1H3,(H,15,18). The van der Waals surface area contributed by atoms with Crippen LogP contribution in [0, 0.1) is 0 Å². The summed E-state index contributed by atoms with van der Waals surface area (Å²) in [6.45, 7) is 3.14. The van der Waals surface area contributed by atoms with Gasteiger partial charge in [-0.15, -0.1) is 0 Å². The molecule has 1 amide bonds. The molecule has 1 aliphatic rings. The van der Waals surface area contributed by atoms with Gasteiger partial charge in [0.05, 0.1) is 0 Å². The van der Waals surface area contributed by atoms with Gasteiger partial charge in [0.1, 0.15) is 6.54 Å². The van der Waals surface area contributed by atoms with Crippen molar-refractivity contribution in [2.24, 2.45) is 0 Å². The van der Waals surface area contributed by atoms with Crippen LogP contribution >= 0.6 is 0 Å². The van der Waals surface area contributed by atoms with Crippen LogP contribution in [0.25, 0.3) is 0 Å². The molecule has 0 atom stereocenters. The number of rotatable bonds is 5. The first-order chi connectivity index (χ1) is 8.70. The number of ketones is 1. The van der Waals surface area contributed by atoms with Crippen LogP contribution in [0.15, 0.2) is 12.4 Å². The third-order valence-electron chi connectivity index (χ3n) is 3.29. The molecule has 0 bridgehead atoms. The molecule has 2 rings (SSSR count). The van der Waals surface area contributed by atoms with Gasteiger partial charge in [-0.2, -0.15) is 0 Å². The molecule has 4 nitrogen and oxygen atoms in total. The minimum Gasteiger partial charge on any atom is -0.355 e. The van der Waals surface area contributed by atoms with Crippen LogP contribution in [0.1, 0.15) is 48.5 Å². The summed E-state index contributed by atoms with van der Waals surface area (Å²) in [6, 6.07) is 0. The van der Waals surface area contributed by atoms with Crippen LogP contribution in [0.4, 0.5) is 0 Å². The summed E-state index contributed by atoms with van der Waals surface area (Å²) in [5.74, 6) is 0.227. The number of carbonyl (C=O) groups excluding carboxylic acids is 2. The first-order valence-electron chi connectivity index (χ1n) is 6.69. The number of Topliss-reactive ketones (excluding diaryl/α,β-unsaturated/α-hetero) is 1. The van der Waals surface area contributed by atoms with Gasteiger partial charge in [0.15, 0.2) is 5.78 Å². The first kappa shape index (κ1) is 12.9. The fourth-order valence-corrected chi connectivity index (χ4v) is 2.30. The van der Waals surface area contributed by atoms with E-state index in [0.29, 0.717) is 13.0 Å². The molecule has 18 heavy (non-hydrogen) atoms.